The number of fused-ring (bicyclic) bond motifs is 3. The minimum absolute atomic E-state index is 0.494. The number of benzene rings is 1. The van der Waals surface area contributed by atoms with Crippen LogP contribution in [0.1, 0.15) is 43.1 Å². The molecule has 4 heterocycles. The number of rotatable bonds is 5. The third-order valence-electron chi connectivity index (χ3n) is 6.50. The van der Waals surface area contributed by atoms with Gasteiger partial charge < -0.3 is 9.47 Å². The molecule has 5 rings (SSSR count). The van der Waals surface area contributed by atoms with Gasteiger partial charge in [-0.15, -0.1) is 10.2 Å². The van der Waals surface area contributed by atoms with Crippen LogP contribution in [0.3, 0.4) is 0 Å². The lowest BCUT2D eigenvalue weighted by atomic mass is 9.93. The molecule has 0 radical (unpaired) electrons. The van der Waals surface area contributed by atoms with E-state index in [1.165, 1.54) is 24.9 Å². The number of aryl methyl sites for hydroxylation is 1. The maximum atomic E-state index is 4.53. The van der Waals surface area contributed by atoms with Gasteiger partial charge >= 0.3 is 0 Å². The van der Waals surface area contributed by atoms with Crippen molar-refractivity contribution in [2.45, 2.75) is 38.1 Å². The largest absolute Gasteiger partial charge is 0.306 e. The Morgan fingerprint density at radius 2 is 1.86 bits per heavy atom. The van der Waals surface area contributed by atoms with Crippen LogP contribution in [0.4, 0.5) is 0 Å². The van der Waals surface area contributed by atoms with E-state index in [4.69, 9.17) is 0 Å². The van der Waals surface area contributed by atoms with Gasteiger partial charge in [0.1, 0.15) is 5.82 Å². The van der Waals surface area contributed by atoms with Crippen molar-refractivity contribution in [3.05, 3.63) is 66.2 Å². The van der Waals surface area contributed by atoms with E-state index in [-0.39, 0.29) is 0 Å². The summed E-state index contributed by atoms with van der Waals surface area (Å²) in [4.78, 5) is 6.80. The number of likely N-dealkylation sites (tertiary alicyclic amines) is 1. The van der Waals surface area contributed by atoms with Crippen LogP contribution >= 0.6 is 0 Å². The third-order valence-corrected chi connectivity index (χ3v) is 6.50. The average molecular weight is 374 g/mol. The molecule has 3 atom stereocenters. The lowest BCUT2D eigenvalue weighted by Crippen LogP contribution is -2.26. The smallest absolute Gasteiger partial charge is 0.164 e. The Bertz CT molecular complexity index is 921. The zero-order valence-corrected chi connectivity index (χ0v) is 16.4. The molecule has 1 aromatic carbocycles. The molecular weight excluding hydrogens is 346 g/mol. The molecule has 2 aromatic heterocycles. The summed E-state index contributed by atoms with van der Waals surface area (Å²) in [5, 5.41) is 9.04. The van der Waals surface area contributed by atoms with E-state index in [2.05, 4.69) is 61.9 Å². The Hall–Kier alpha value is -2.53. The lowest BCUT2D eigenvalue weighted by molar-refractivity contribution is 0.308. The Balaban J connectivity index is 1.31. The third kappa shape index (κ3) is 3.24. The van der Waals surface area contributed by atoms with Gasteiger partial charge in [0.15, 0.2) is 5.82 Å². The van der Waals surface area contributed by atoms with Gasteiger partial charge in [0, 0.05) is 37.5 Å². The second-order valence-corrected chi connectivity index (χ2v) is 8.27. The average Bonchev–Trinajstić information content (AvgIpc) is 3.37. The summed E-state index contributed by atoms with van der Waals surface area (Å²) in [7, 11) is 0. The normalized spacial score (nSPS) is 22.6. The molecular formula is C23H27N5. The van der Waals surface area contributed by atoms with Crippen LogP contribution in [0.5, 0.6) is 0 Å². The van der Waals surface area contributed by atoms with Crippen molar-refractivity contribution in [2.75, 3.05) is 19.6 Å². The number of aromatic nitrogens is 4. The number of nitrogens with zero attached hydrogens (tertiary/aromatic N) is 5. The van der Waals surface area contributed by atoms with Gasteiger partial charge in [0.2, 0.25) is 0 Å². The second-order valence-electron chi connectivity index (χ2n) is 8.27. The zero-order chi connectivity index (χ0) is 18.9. The molecule has 2 aliphatic rings. The first-order valence-electron chi connectivity index (χ1n) is 10.4. The van der Waals surface area contributed by atoms with Crippen molar-refractivity contribution in [1.82, 2.24) is 24.6 Å². The first-order valence-corrected chi connectivity index (χ1v) is 10.4. The lowest BCUT2D eigenvalue weighted by Gasteiger charge is -2.27. The molecule has 0 saturated carbocycles. The molecule has 0 aliphatic carbocycles. The van der Waals surface area contributed by atoms with Gasteiger partial charge in [-0.25, -0.2) is 0 Å². The maximum absolute atomic E-state index is 4.53. The highest BCUT2D eigenvalue weighted by Gasteiger charge is 2.39. The molecule has 0 unspecified atom stereocenters. The molecule has 1 fully saturated rings. The van der Waals surface area contributed by atoms with Gasteiger partial charge in [-0.2, -0.15) is 0 Å². The predicted molar refractivity (Wildman–Crippen MR) is 110 cm³/mol. The van der Waals surface area contributed by atoms with Crippen LogP contribution in [0.15, 0.2) is 54.9 Å². The van der Waals surface area contributed by atoms with E-state index in [0.717, 1.165) is 36.7 Å². The first kappa shape index (κ1) is 17.6. The fourth-order valence-corrected chi connectivity index (χ4v) is 4.88. The molecule has 2 aliphatic heterocycles. The van der Waals surface area contributed by atoms with E-state index in [1.807, 2.05) is 24.5 Å². The van der Waals surface area contributed by atoms with Crippen molar-refractivity contribution in [3.63, 3.8) is 0 Å². The topological polar surface area (TPSA) is 46.8 Å². The van der Waals surface area contributed by atoms with Crippen molar-refractivity contribution in [1.29, 1.82) is 0 Å². The Labute approximate surface area is 166 Å². The summed E-state index contributed by atoms with van der Waals surface area (Å²) in [5.41, 5.74) is 2.56. The maximum Gasteiger partial charge on any atom is 0.164 e. The van der Waals surface area contributed by atoms with Crippen LogP contribution in [-0.2, 0) is 6.42 Å². The molecule has 5 nitrogen and oxygen atoms in total. The molecule has 28 heavy (non-hydrogen) atoms. The SMILES string of the molecule is C[C@H](CCN1C[C@H]2CCc3nnc(-c4ccncc4)n3[C@H]2C1)c1ccccc1. The number of hydrogen-bond acceptors (Lipinski definition) is 4. The molecule has 0 N–H and O–H groups in total. The van der Waals surface area contributed by atoms with Gasteiger partial charge in [0.05, 0.1) is 6.04 Å². The number of hydrogen-bond donors (Lipinski definition) is 0. The Kier molecular flexibility index (Phi) is 4.69. The highest BCUT2D eigenvalue weighted by molar-refractivity contribution is 5.54. The fraction of sp³-hybridized carbons (Fsp3) is 0.435. The van der Waals surface area contributed by atoms with Gasteiger partial charge in [-0.05, 0) is 48.9 Å². The van der Waals surface area contributed by atoms with Gasteiger partial charge in [0.25, 0.3) is 0 Å². The molecule has 144 valence electrons. The molecule has 3 aromatic rings. The van der Waals surface area contributed by atoms with Crippen LogP contribution < -0.4 is 0 Å². The van der Waals surface area contributed by atoms with Crippen molar-refractivity contribution >= 4 is 0 Å². The minimum Gasteiger partial charge on any atom is -0.306 e. The quantitative estimate of drug-likeness (QED) is 0.679. The van der Waals surface area contributed by atoms with Crippen LogP contribution in [0, 0.1) is 5.92 Å². The van der Waals surface area contributed by atoms with Gasteiger partial charge in [-0.3, -0.25) is 4.98 Å². The summed E-state index contributed by atoms with van der Waals surface area (Å²) >= 11 is 0. The molecule has 1 saturated heterocycles. The zero-order valence-electron chi connectivity index (χ0n) is 16.4. The molecule has 0 bridgehead atoms. The highest BCUT2D eigenvalue weighted by Crippen LogP contribution is 2.39. The predicted octanol–water partition coefficient (Wildman–Crippen LogP) is 3.95. The van der Waals surface area contributed by atoms with Crippen LogP contribution in [-0.4, -0.2) is 44.3 Å². The fourth-order valence-electron chi connectivity index (χ4n) is 4.88. The Morgan fingerprint density at radius 3 is 2.68 bits per heavy atom. The van der Waals surface area contributed by atoms with Crippen LogP contribution in [0.25, 0.3) is 11.4 Å². The van der Waals surface area contributed by atoms with Crippen molar-refractivity contribution in [2.24, 2.45) is 5.92 Å². The summed E-state index contributed by atoms with van der Waals surface area (Å²) in [6.45, 7) is 5.80. The van der Waals surface area contributed by atoms with Crippen molar-refractivity contribution < 1.29 is 0 Å². The molecule has 0 spiro atoms. The standard InChI is InChI=1S/C23H27N5/c1-17(18-5-3-2-4-6-18)11-14-27-15-20-7-8-22-25-26-23(28(22)21(20)16-27)19-9-12-24-13-10-19/h2-6,9-10,12-13,17,20-21H,7-8,11,14-16H2,1H3/t17-,20-,21+/m1/s1. The van der Waals surface area contributed by atoms with E-state index in [1.54, 1.807) is 0 Å². The summed E-state index contributed by atoms with van der Waals surface area (Å²) in [5.74, 6) is 3.46. The van der Waals surface area contributed by atoms with E-state index in [0.29, 0.717) is 17.9 Å². The monoisotopic (exact) mass is 373 g/mol. The summed E-state index contributed by atoms with van der Waals surface area (Å²) in [6.07, 6.45) is 7.14. The summed E-state index contributed by atoms with van der Waals surface area (Å²) < 4.78 is 2.42. The van der Waals surface area contributed by atoms with Crippen LogP contribution in [0.2, 0.25) is 0 Å². The van der Waals surface area contributed by atoms with Crippen molar-refractivity contribution in [3.8, 4) is 11.4 Å². The molecule has 5 heteroatoms. The van der Waals surface area contributed by atoms with Gasteiger partial charge in [-0.1, -0.05) is 37.3 Å². The highest BCUT2D eigenvalue weighted by atomic mass is 15.3. The molecule has 0 amide bonds. The summed E-state index contributed by atoms with van der Waals surface area (Å²) in [6, 6.07) is 15.4. The second kappa shape index (κ2) is 7.47. The first-order chi connectivity index (χ1) is 13.8. The Morgan fingerprint density at radius 1 is 1.04 bits per heavy atom. The van der Waals surface area contributed by atoms with E-state index < -0.39 is 0 Å². The van der Waals surface area contributed by atoms with E-state index in [9.17, 15) is 0 Å². The minimum atomic E-state index is 0.494. The number of pyridine rings is 1. The van der Waals surface area contributed by atoms with E-state index >= 15 is 0 Å².